The molecule has 1 fully saturated rings. The predicted molar refractivity (Wildman–Crippen MR) is 99.7 cm³/mol. The maximum absolute atomic E-state index is 4.85. The van der Waals surface area contributed by atoms with Crippen molar-refractivity contribution in [3.05, 3.63) is 48.3 Å². The number of hydrogen-bond donors (Lipinski definition) is 0. The number of rotatable bonds is 4. The summed E-state index contributed by atoms with van der Waals surface area (Å²) in [6.45, 7) is 7.09. The second-order valence-corrected chi connectivity index (χ2v) is 6.84. The highest BCUT2D eigenvalue weighted by Crippen LogP contribution is 2.28. The summed E-state index contributed by atoms with van der Waals surface area (Å²) in [7, 11) is 0. The number of anilines is 1. The van der Waals surface area contributed by atoms with Gasteiger partial charge >= 0.3 is 0 Å². The Bertz CT molecular complexity index is 853. The average molecular weight is 349 g/mol. The molecule has 0 amide bonds. The normalized spacial score (nSPS) is 15.4. The van der Waals surface area contributed by atoms with E-state index in [9.17, 15) is 0 Å². The van der Waals surface area contributed by atoms with E-state index in [1.165, 1.54) is 0 Å². The molecule has 1 aliphatic rings. The molecule has 4 rings (SSSR count). The van der Waals surface area contributed by atoms with E-state index >= 15 is 0 Å². The van der Waals surface area contributed by atoms with E-state index in [0.717, 1.165) is 55.2 Å². The fraction of sp³-hybridized carbons (Fsp3) is 0.421. The number of nitrogens with zero attached hydrogens (tertiary/aromatic N) is 7. The third-order valence-corrected chi connectivity index (χ3v) is 5.08. The second-order valence-electron chi connectivity index (χ2n) is 6.84. The van der Waals surface area contributed by atoms with Gasteiger partial charge in [0.15, 0.2) is 5.82 Å². The molecule has 1 saturated heterocycles. The van der Waals surface area contributed by atoms with Gasteiger partial charge in [-0.3, -0.25) is 9.67 Å². The van der Waals surface area contributed by atoms with Gasteiger partial charge in [-0.1, -0.05) is 6.07 Å². The third-order valence-electron chi connectivity index (χ3n) is 5.08. The molecule has 4 heterocycles. The van der Waals surface area contributed by atoms with Gasteiger partial charge in [0, 0.05) is 37.1 Å². The van der Waals surface area contributed by atoms with Crippen LogP contribution in [0.5, 0.6) is 0 Å². The van der Waals surface area contributed by atoms with Crippen LogP contribution < -0.4 is 4.90 Å². The zero-order valence-corrected chi connectivity index (χ0v) is 15.2. The molecule has 3 aromatic rings. The van der Waals surface area contributed by atoms with Crippen molar-refractivity contribution in [1.82, 2.24) is 29.7 Å². The smallest absolute Gasteiger partial charge is 0.180 e. The Morgan fingerprint density at radius 1 is 1.12 bits per heavy atom. The molecule has 7 nitrogen and oxygen atoms in total. The summed E-state index contributed by atoms with van der Waals surface area (Å²) in [6, 6.07) is 5.83. The lowest BCUT2D eigenvalue weighted by atomic mass is 9.96. The van der Waals surface area contributed by atoms with Gasteiger partial charge in [-0.15, -0.1) is 0 Å². The molecule has 0 aliphatic carbocycles. The van der Waals surface area contributed by atoms with E-state index in [0.29, 0.717) is 11.7 Å². The molecule has 1 aliphatic heterocycles. The average Bonchev–Trinajstić information content (AvgIpc) is 3.18. The van der Waals surface area contributed by atoms with Crippen molar-refractivity contribution in [3.63, 3.8) is 0 Å². The summed E-state index contributed by atoms with van der Waals surface area (Å²) >= 11 is 0. The van der Waals surface area contributed by atoms with Crippen molar-refractivity contribution in [2.75, 3.05) is 18.0 Å². The van der Waals surface area contributed by atoms with Gasteiger partial charge in [0.25, 0.3) is 0 Å². The van der Waals surface area contributed by atoms with Crippen molar-refractivity contribution < 1.29 is 0 Å². The molecule has 26 heavy (non-hydrogen) atoms. The van der Waals surface area contributed by atoms with E-state index in [1.54, 1.807) is 18.9 Å². The molecule has 0 saturated carbocycles. The molecule has 0 unspecified atom stereocenters. The molecule has 3 aromatic heterocycles. The van der Waals surface area contributed by atoms with Crippen molar-refractivity contribution in [2.24, 2.45) is 5.92 Å². The lowest BCUT2D eigenvalue weighted by molar-refractivity contribution is 0.341. The Balaban J connectivity index is 1.52. The minimum absolute atomic E-state index is 0.631. The Kier molecular flexibility index (Phi) is 4.60. The molecule has 0 aromatic carbocycles. The van der Waals surface area contributed by atoms with E-state index in [4.69, 9.17) is 4.98 Å². The summed E-state index contributed by atoms with van der Waals surface area (Å²) < 4.78 is 1.93. The first-order valence-corrected chi connectivity index (χ1v) is 9.04. The summed E-state index contributed by atoms with van der Waals surface area (Å²) in [5.74, 6) is 2.37. The highest BCUT2D eigenvalue weighted by Gasteiger charge is 2.23. The van der Waals surface area contributed by atoms with Crippen LogP contribution in [0.2, 0.25) is 0 Å². The Labute approximate surface area is 153 Å². The van der Waals surface area contributed by atoms with Crippen LogP contribution in [0.3, 0.4) is 0 Å². The molecule has 7 heteroatoms. The molecule has 134 valence electrons. The van der Waals surface area contributed by atoms with Crippen LogP contribution in [0, 0.1) is 19.8 Å². The minimum atomic E-state index is 0.631. The standard InChI is InChI=1S/C19H23N7/c1-14-15(2)23-18(17-5-3-4-8-21-17)24-19(14)25-9-6-16(7-10-25)11-26-13-20-12-22-26/h3-5,8,12-13,16H,6-7,9-11H2,1-2H3. The van der Waals surface area contributed by atoms with Gasteiger partial charge in [-0.05, 0) is 44.7 Å². The highest BCUT2D eigenvalue weighted by atomic mass is 15.3. The van der Waals surface area contributed by atoms with E-state index in [-0.39, 0.29) is 0 Å². The van der Waals surface area contributed by atoms with Crippen molar-refractivity contribution in [1.29, 1.82) is 0 Å². The Morgan fingerprint density at radius 2 is 1.96 bits per heavy atom. The third kappa shape index (κ3) is 3.42. The topological polar surface area (TPSA) is 72.6 Å². The largest absolute Gasteiger partial charge is 0.356 e. The number of aromatic nitrogens is 6. The van der Waals surface area contributed by atoms with Gasteiger partial charge in [0.2, 0.25) is 0 Å². The zero-order chi connectivity index (χ0) is 17.9. The minimum Gasteiger partial charge on any atom is -0.356 e. The van der Waals surface area contributed by atoms with Crippen molar-refractivity contribution >= 4 is 5.82 Å². The molecule has 0 bridgehead atoms. The molecular formula is C19H23N7. The van der Waals surface area contributed by atoms with Crippen LogP contribution in [-0.4, -0.2) is 42.8 Å². The molecule has 0 atom stereocenters. The van der Waals surface area contributed by atoms with Crippen LogP contribution in [0.15, 0.2) is 37.1 Å². The van der Waals surface area contributed by atoms with Crippen LogP contribution in [0.1, 0.15) is 24.1 Å². The number of piperidine rings is 1. The zero-order valence-electron chi connectivity index (χ0n) is 15.2. The molecule has 0 radical (unpaired) electrons. The Hall–Kier alpha value is -2.83. The first kappa shape index (κ1) is 16.6. The van der Waals surface area contributed by atoms with Crippen LogP contribution in [0.4, 0.5) is 5.82 Å². The van der Waals surface area contributed by atoms with Crippen molar-refractivity contribution in [2.45, 2.75) is 33.2 Å². The van der Waals surface area contributed by atoms with E-state index in [2.05, 4.69) is 31.9 Å². The van der Waals surface area contributed by atoms with Gasteiger partial charge in [0.05, 0.1) is 0 Å². The second kappa shape index (κ2) is 7.19. The van der Waals surface area contributed by atoms with Gasteiger partial charge in [-0.25, -0.2) is 15.0 Å². The predicted octanol–water partition coefficient (Wildman–Crippen LogP) is 2.66. The number of hydrogen-bond acceptors (Lipinski definition) is 6. The highest BCUT2D eigenvalue weighted by molar-refractivity contribution is 5.57. The van der Waals surface area contributed by atoms with Crippen LogP contribution in [-0.2, 0) is 6.54 Å². The van der Waals surface area contributed by atoms with Gasteiger partial charge < -0.3 is 4.90 Å². The SMILES string of the molecule is Cc1nc(-c2ccccn2)nc(N2CCC(Cn3cncn3)CC2)c1C. The summed E-state index contributed by atoms with van der Waals surface area (Å²) in [4.78, 5) is 20.3. The van der Waals surface area contributed by atoms with Crippen LogP contribution in [0.25, 0.3) is 11.5 Å². The lowest BCUT2D eigenvalue weighted by Crippen LogP contribution is -2.36. The lowest BCUT2D eigenvalue weighted by Gasteiger charge is -2.33. The van der Waals surface area contributed by atoms with E-state index in [1.807, 2.05) is 29.8 Å². The van der Waals surface area contributed by atoms with Crippen LogP contribution >= 0.6 is 0 Å². The maximum Gasteiger partial charge on any atom is 0.180 e. The van der Waals surface area contributed by atoms with Gasteiger partial charge in [0.1, 0.15) is 24.2 Å². The number of pyridine rings is 1. The first-order valence-electron chi connectivity index (χ1n) is 9.04. The molecule has 0 spiro atoms. The van der Waals surface area contributed by atoms with Crippen molar-refractivity contribution in [3.8, 4) is 11.5 Å². The first-order chi connectivity index (χ1) is 12.7. The summed E-state index contributed by atoms with van der Waals surface area (Å²) in [5, 5.41) is 4.22. The van der Waals surface area contributed by atoms with E-state index < -0.39 is 0 Å². The Morgan fingerprint density at radius 3 is 2.65 bits per heavy atom. The summed E-state index contributed by atoms with van der Waals surface area (Å²) in [5.41, 5.74) is 2.98. The molecule has 0 N–H and O–H groups in total. The fourth-order valence-corrected chi connectivity index (χ4v) is 3.45. The monoisotopic (exact) mass is 349 g/mol. The summed E-state index contributed by atoms with van der Waals surface area (Å²) in [6.07, 6.45) is 7.43. The quantitative estimate of drug-likeness (QED) is 0.721. The molecular weight excluding hydrogens is 326 g/mol. The fourth-order valence-electron chi connectivity index (χ4n) is 3.45. The maximum atomic E-state index is 4.85. The number of aryl methyl sites for hydroxylation is 1. The van der Waals surface area contributed by atoms with Gasteiger partial charge in [-0.2, -0.15) is 5.10 Å².